The van der Waals surface area contributed by atoms with Crippen LogP contribution in [-0.2, 0) is 4.79 Å². The Morgan fingerprint density at radius 3 is 2.68 bits per heavy atom. The Bertz CT molecular complexity index is 653. The number of likely N-dealkylation sites (tertiary alicyclic amines) is 1. The lowest BCUT2D eigenvalue weighted by atomic mass is 9.95. The zero-order valence-corrected chi connectivity index (χ0v) is 15.8. The lowest BCUT2D eigenvalue weighted by Gasteiger charge is -2.31. The van der Waals surface area contributed by atoms with Crippen LogP contribution in [0.3, 0.4) is 0 Å². The van der Waals surface area contributed by atoms with E-state index in [0.29, 0.717) is 18.2 Å². The topological polar surface area (TPSA) is 32.3 Å². The van der Waals surface area contributed by atoms with E-state index < -0.39 is 0 Å². The number of carbonyl (C=O) groups excluding carboxylic acids is 1. The van der Waals surface area contributed by atoms with Crippen LogP contribution in [0.15, 0.2) is 46.7 Å². The summed E-state index contributed by atoms with van der Waals surface area (Å²) in [6, 6.07) is 10.6. The highest BCUT2D eigenvalue weighted by molar-refractivity contribution is 8.00. The fourth-order valence-electron chi connectivity index (χ4n) is 3.05. The van der Waals surface area contributed by atoms with Gasteiger partial charge in [-0.05, 0) is 67.6 Å². The molecule has 0 radical (unpaired) electrons. The highest BCUT2D eigenvalue weighted by Crippen LogP contribution is 2.30. The molecule has 25 heavy (non-hydrogen) atoms. The molecule has 2 aromatic rings. The van der Waals surface area contributed by atoms with E-state index in [1.165, 1.54) is 41.6 Å². The largest absolute Gasteiger partial charge is 0.354 e. The third kappa shape index (κ3) is 5.83. The quantitative estimate of drug-likeness (QED) is 0.740. The number of nitrogens with one attached hydrogen (secondary N) is 1. The molecule has 1 amide bonds. The monoisotopic (exact) mass is 378 g/mol. The molecule has 1 aromatic carbocycles. The molecule has 0 atom stereocenters. The molecule has 134 valence electrons. The van der Waals surface area contributed by atoms with Crippen molar-refractivity contribution in [2.24, 2.45) is 0 Å². The number of nitrogens with zero attached hydrogens (tertiary/aromatic N) is 1. The average Bonchev–Trinajstić information content (AvgIpc) is 3.16. The highest BCUT2D eigenvalue weighted by Gasteiger charge is 2.20. The number of benzene rings is 1. The molecule has 2 heterocycles. The van der Waals surface area contributed by atoms with Gasteiger partial charge in [0.15, 0.2) is 0 Å². The van der Waals surface area contributed by atoms with Gasteiger partial charge in [0.1, 0.15) is 5.82 Å². The van der Waals surface area contributed by atoms with Crippen LogP contribution in [0, 0.1) is 5.82 Å². The molecule has 1 aliphatic rings. The molecular weight excluding hydrogens is 355 g/mol. The Balaban J connectivity index is 1.29. The fraction of sp³-hybridized carbons (Fsp3) is 0.421. The summed E-state index contributed by atoms with van der Waals surface area (Å²) in [6.07, 6.45) is 2.41. The lowest BCUT2D eigenvalue weighted by Crippen LogP contribution is -2.39. The van der Waals surface area contributed by atoms with Crippen molar-refractivity contribution in [3.8, 4) is 0 Å². The molecule has 1 aliphatic heterocycles. The van der Waals surface area contributed by atoms with E-state index in [0.717, 1.165) is 24.5 Å². The predicted octanol–water partition coefficient (Wildman–Crippen LogP) is 3.98. The summed E-state index contributed by atoms with van der Waals surface area (Å²) in [6.45, 7) is 3.79. The summed E-state index contributed by atoms with van der Waals surface area (Å²) in [5.41, 5.74) is 0. The molecule has 0 unspecified atom stereocenters. The Hall–Kier alpha value is -1.37. The molecule has 1 aromatic heterocycles. The van der Waals surface area contributed by atoms with Crippen LogP contribution in [-0.4, -0.2) is 42.7 Å². The molecule has 1 saturated heterocycles. The van der Waals surface area contributed by atoms with Crippen LogP contribution >= 0.6 is 23.1 Å². The molecule has 0 bridgehead atoms. The van der Waals surface area contributed by atoms with Gasteiger partial charge in [0.25, 0.3) is 0 Å². The smallest absolute Gasteiger partial charge is 0.230 e. The van der Waals surface area contributed by atoms with Crippen molar-refractivity contribution in [3.05, 3.63) is 52.5 Å². The maximum absolute atomic E-state index is 12.8. The van der Waals surface area contributed by atoms with Gasteiger partial charge in [-0.1, -0.05) is 6.07 Å². The van der Waals surface area contributed by atoms with Gasteiger partial charge in [-0.15, -0.1) is 23.1 Å². The highest BCUT2D eigenvalue weighted by atomic mass is 32.2. The van der Waals surface area contributed by atoms with Crippen molar-refractivity contribution < 1.29 is 9.18 Å². The second-order valence-electron chi connectivity index (χ2n) is 6.22. The van der Waals surface area contributed by atoms with Gasteiger partial charge < -0.3 is 10.2 Å². The SMILES string of the molecule is O=C(CSc1ccc(F)cc1)NCCN1CCC(c2cccs2)CC1. The normalized spacial score (nSPS) is 16.0. The first-order valence-electron chi connectivity index (χ1n) is 8.61. The van der Waals surface area contributed by atoms with Crippen LogP contribution in [0.1, 0.15) is 23.6 Å². The van der Waals surface area contributed by atoms with E-state index in [9.17, 15) is 9.18 Å². The number of thiophene rings is 1. The second kappa shape index (κ2) is 9.36. The van der Waals surface area contributed by atoms with Gasteiger partial charge in [0, 0.05) is 22.9 Å². The van der Waals surface area contributed by atoms with Gasteiger partial charge in [0.05, 0.1) is 5.75 Å². The summed E-state index contributed by atoms with van der Waals surface area (Å²) < 4.78 is 12.8. The number of piperidine rings is 1. The van der Waals surface area contributed by atoms with Gasteiger partial charge in [-0.25, -0.2) is 4.39 Å². The van der Waals surface area contributed by atoms with Crippen LogP contribution in [0.25, 0.3) is 0 Å². The summed E-state index contributed by atoms with van der Waals surface area (Å²) >= 11 is 3.29. The number of amides is 1. The van der Waals surface area contributed by atoms with Crippen molar-refractivity contribution in [1.29, 1.82) is 0 Å². The van der Waals surface area contributed by atoms with E-state index in [4.69, 9.17) is 0 Å². The second-order valence-corrected chi connectivity index (χ2v) is 8.25. The van der Waals surface area contributed by atoms with Gasteiger partial charge in [-0.2, -0.15) is 0 Å². The summed E-state index contributed by atoms with van der Waals surface area (Å²) in [5.74, 6) is 0.851. The first-order chi connectivity index (χ1) is 12.2. The molecule has 0 spiro atoms. The van der Waals surface area contributed by atoms with Gasteiger partial charge in [0.2, 0.25) is 5.91 Å². The average molecular weight is 379 g/mol. The number of rotatable bonds is 7. The minimum Gasteiger partial charge on any atom is -0.354 e. The molecule has 0 saturated carbocycles. The minimum absolute atomic E-state index is 0.0304. The summed E-state index contributed by atoms with van der Waals surface area (Å²) in [7, 11) is 0. The van der Waals surface area contributed by atoms with Crippen molar-refractivity contribution in [2.75, 3.05) is 31.9 Å². The third-order valence-electron chi connectivity index (χ3n) is 4.47. The van der Waals surface area contributed by atoms with E-state index >= 15 is 0 Å². The Kier molecular flexibility index (Phi) is 6.90. The Morgan fingerprint density at radius 1 is 1.24 bits per heavy atom. The molecular formula is C19H23FN2OS2. The molecule has 3 nitrogen and oxygen atoms in total. The molecule has 3 rings (SSSR count). The van der Waals surface area contributed by atoms with Crippen molar-refractivity contribution in [1.82, 2.24) is 10.2 Å². The Morgan fingerprint density at radius 2 is 2.00 bits per heavy atom. The number of carbonyl (C=O) groups is 1. The van der Waals surface area contributed by atoms with E-state index in [1.807, 2.05) is 11.3 Å². The van der Waals surface area contributed by atoms with E-state index in [1.54, 1.807) is 12.1 Å². The molecule has 1 N–H and O–H groups in total. The van der Waals surface area contributed by atoms with Crippen LogP contribution in [0.5, 0.6) is 0 Å². The predicted molar refractivity (Wildman–Crippen MR) is 103 cm³/mol. The first-order valence-corrected chi connectivity index (χ1v) is 10.5. The number of thioether (sulfide) groups is 1. The minimum atomic E-state index is -0.253. The van der Waals surface area contributed by atoms with Gasteiger partial charge >= 0.3 is 0 Å². The summed E-state index contributed by atoms with van der Waals surface area (Å²) in [4.78, 5) is 16.8. The first kappa shape index (κ1) is 18.4. The molecule has 6 heteroatoms. The zero-order valence-electron chi connectivity index (χ0n) is 14.1. The van der Waals surface area contributed by atoms with Gasteiger partial charge in [-0.3, -0.25) is 4.79 Å². The van der Waals surface area contributed by atoms with Crippen LogP contribution in [0.4, 0.5) is 4.39 Å². The Labute approximate surface area is 156 Å². The maximum Gasteiger partial charge on any atom is 0.230 e. The lowest BCUT2D eigenvalue weighted by molar-refractivity contribution is -0.118. The molecule has 1 fully saturated rings. The van der Waals surface area contributed by atoms with Crippen molar-refractivity contribution >= 4 is 29.0 Å². The maximum atomic E-state index is 12.8. The van der Waals surface area contributed by atoms with Crippen LogP contribution < -0.4 is 5.32 Å². The van der Waals surface area contributed by atoms with Crippen molar-refractivity contribution in [2.45, 2.75) is 23.7 Å². The standard InChI is InChI=1S/C19H23FN2OS2/c20-16-3-5-17(6-4-16)25-14-19(23)21-9-12-22-10-7-15(8-11-22)18-2-1-13-24-18/h1-6,13,15H,7-12,14H2,(H,21,23). The number of hydrogen-bond donors (Lipinski definition) is 1. The fourth-order valence-corrected chi connectivity index (χ4v) is 4.68. The number of hydrogen-bond acceptors (Lipinski definition) is 4. The van der Waals surface area contributed by atoms with Crippen molar-refractivity contribution in [3.63, 3.8) is 0 Å². The van der Waals surface area contributed by atoms with E-state index in [-0.39, 0.29) is 11.7 Å². The number of halogens is 1. The molecule has 0 aliphatic carbocycles. The summed E-state index contributed by atoms with van der Waals surface area (Å²) in [5, 5.41) is 5.13. The van der Waals surface area contributed by atoms with E-state index in [2.05, 4.69) is 27.7 Å². The van der Waals surface area contributed by atoms with Crippen LogP contribution in [0.2, 0.25) is 0 Å². The zero-order chi connectivity index (χ0) is 17.5. The third-order valence-corrected chi connectivity index (χ3v) is 6.51.